The summed E-state index contributed by atoms with van der Waals surface area (Å²) < 4.78 is 0. The van der Waals surface area contributed by atoms with Crippen LogP contribution in [-0.4, -0.2) is 15.0 Å². The number of nitriles is 1. The van der Waals surface area contributed by atoms with Gasteiger partial charge in [-0.15, -0.1) is 0 Å². The van der Waals surface area contributed by atoms with Crippen molar-refractivity contribution >= 4 is 32.3 Å². The normalized spacial score (nSPS) is 11.5. The van der Waals surface area contributed by atoms with Crippen LogP contribution in [0.1, 0.15) is 5.56 Å². The molecule has 11 aromatic carbocycles. The van der Waals surface area contributed by atoms with Gasteiger partial charge in [-0.25, -0.2) is 15.0 Å². The lowest BCUT2D eigenvalue weighted by Crippen LogP contribution is -2.01. The maximum Gasteiger partial charge on any atom is 0.164 e. The molecule has 0 bridgehead atoms. The maximum absolute atomic E-state index is 10.9. The fourth-order valence-electron chi connectivity index (χ4n) is 10.5. The highest BCUT2D eigenvalue weighted by molar-refractivity contribution is 6.16. The van der Waals surface area contributed by atoms with Crippen LogP contribution in [0.4, 0.5) is 0 Å². The Hall–Kier alpha value is -9.30. The Morgan fingerprint density at radius 3 is 1.54 bits per heavy atom. The number of fused-ring (bicyclic) bond motifs is 6. The number of aromatic nitrogens is 3. The van der Waals surface area contributed by atoms with Crippen molar-refractivity contribution in [1.29, 1.82) is 5.26 Å². The van der Waals surface area contributed by atoms with Gasteiger partial charge in [0.15, 0.2) is 17.5 Å². The molecule has 12 aromatic rings. The maximum atomic E-state index is 10.9. The van der Waals surface area contributed by atoms with E-state index in [4.69, 9.17) is 15.0 Å². The number of hydrogen-bond donors (Lipinski definition) is 0. The lowest BCUT2D eigenvalue weighted by molar-refractivity contribution is 1.07. The molecule has 0 aliphatic heterocycles. The van der Waals surface area contributed by atoms with Crippen LogP contribution < -0.4 is 0 Å². The van der Waals surface area contributed by atoms with E-state index in [1.807, 2.05) is 48.5 Å². The Morgan fingerprint density at radius 2 is 0.779 bits per heavy atom. The van der Waals surface area contributed by atoms with Crippen molar-refractivity contribution in [2.24, 2.45) is 0 Å². The second-order valence-corrected chi connectivity index (χ2v) is 17.3. The topological polar surface area (TPSA) is 62.5 Å². The number of nitrogens with zero attached hydrogens (tertiary/aromatic N) is 4. The molecule has 0 atom stereocenters. The molecule has 0 radical (unpaired) electrons. The molecule has 4 nitrogen and oxygen atoms in total. The Labute approximate surface area is 393 Å². The van der Waals surface area contributed by atoms with E-state index in [9.17, 15) is 5.26 Å². The van der Waals surface area contributed by atoms with Crippen LogP contribution in [0.15, 0.2) is 231 Å². The minimum absolute atomic E-state index is 0.563. The number of rotatable bonds is 7. The third-order valence-electron chi connectivity index (χ3n) is 13.6. The van der Waals surface area contributed by atoms with E-state index >= 15 is 0 Å². The largest absolute Gasteiger partial charge is 0.208 e. The molecule has 1 aliphatic rings. The minimum Gasteiger partial charge on any atom is -0.208 e. The third-order valence-corrected chi connectivity index (χ3v) is 13.6. The van der Waals surface area contributed by atoms with Gasteiger partial charge in [-0.2, -0.15) is 5.26 Å². The van der Waals surface area contributed by atoms with Gasteiger partial charge in [0.05, 0.1) is 11.6 Å². The lowest BCUT2D eigenvalue weighted by atomic mass is 9.83. The molecule has 0 saturated heterocycles. The summed E-state index contributed by atoms with van der Waals surface area (Å²) >= 11 is 0. The summed E-state index contributed by atoms with van der Waals surface area (Å²) in [7, 11) is 0. The van der Waals surface area contributed by atoms with Crippen molar-refractivity contribution in [1.82, 2.24) is 15.0 Å². The van der Waals surface area contributed by atoms with Gasteiger partial charge in [0.2, 0.25) is 0 Å². The van der Waals surface area contributed by atoms with Gasteiger partial charge >= 0.3 is 0 Å². The third kappa shape index (κ3) is 6.33. The molecule has 0 unspecified atom stereocenters. The molecule has 0 amide bonds. The van der Waals surface area contributed by atoms with E-state index in [1.54, 1.807) is 0 Å². The first-order valence-corrected chi connectivity index (χ1v) is 22.9. The molecule has 0 N–H and O–H groups in total. The zero-order valence-corrected chi connectivity index (χ0v) is 36.7. The van der Waals surface area contributed by atoms with Crippen molar-refractivity contribution in [2.45, 2.75) is 0 Å². The first kappa shape index (κ1) is 39.1. The summed E-state index contributed by atoms with van der Waals surface area (Å²) in [6.45, 7) is 0. The predicted octanol–water partition coefficient (Wildman–Crippen LogP) is 16.5. The van der Waals surface area contributed by atoms with Gasteiger partial charge in [-0.05, 0) is 106 Å². The monoisotopic (exact) mass is 862 g/mol. The van der Waals surface area contributed by atoms with E-state index in [2.05, 4.69) is 188 Å². The van der Waals surface area contributed by atoms with Gasteiger partial charge in [-0.1, -0.05) is 218 Å². The highest BCUT2D eigenvalue weighted by Crippen LogP contribution is 2.49. The molecular weight excluding hydrogens is 825 g/mol. The van der Waals surface area contributed by atoms with Crippen LogP contribution >= 0.6 is 0 Å². The quantitative estimate of drug-likeness (QED) is 0.150. The first-order valence-electron chi connectivity index (χ1n) is 22.9. The fraction of sp³-hybridized carbons (Fsp3) is 0. The molecular formula is C64H38N4. The van der Waals surface area contributed by atoms with E-state index in [1.165, 1.54) is 54.6 Å². The zero-order valence-electron chi connectivity index (χ0n) is 36.7. The summed E-state index contributed by atoms with van der Waals surface area (Å²) in [6.07, 6.45) is 0. The van der Waals surface area contributed by atoms with E-state index < -0.39 is 0 Å². The van der Waals surface area contributed by atoms with Gasteiger partial charge in [-0.3, -0.25) is 0 Å². The van der Waals surface area contributed by atoms with Gasteiger partial charge in [0.25, 0.3) is 0 Å². The molecule has 1 heterocycles. The second-order valence-electron chi connectivity index (χ2n) is 17.3. The van der Waals surface area contributed by atoms with Gasteiger partial charge < -0.3 is 0 Å². The van der Waals surface area contributed by atoms with Crippen LogP contribution in [0.2, 0.25) is 0 Å². The summed E-state index contributed by atoms with van der Waals surface area (Å²) in [5.41, 5.74) is 16.1. The molecule has 0 saturated carbocycles. The highest BCUT2D eigenvalue weighted by atomic mass is 15.0. The Balaban J connectivity index is 0.984. The fourth-order valence-corrected chi connectivity index (χ4v) is 10.5. The zero-order chi connectivity index (χ0) is 45.1. The average molecular weight is 863 g/mol. The van der Waals surface area contributed by atoms with Gasteiger partial charge in [0, 0.05) is 22.3 Å². The van der Waals surface area contributed by atoms with Crippen molar-refractivity contribution in [3.8, 4) is 107 Å². The SMILES string of the molecule is N#Cc1cccc(-c2ccccc2-c2cccc3c2ccc2ccccc23)c1-c1ccccc1-c1ccccc1-c1nc(-c2ccccc2)nc(-c2ccc3c(c2)-c2cccc4cccc-3c24)n1. The molecule has 314 valence electrons. The molecule has 0 spiro atoms. The first-order chi connectivity index (χ1) is 33.7. The molecule has 1 aromatic heterocycles. The van der Waals surface area contributed by atoms with Gasteiger partial charge in [0.1, 0.15) is 0 Å². The van der Waals surface area contributed by atoms with Crippen LogP contribution in [-0.2, 0) is 0 Å². The van der Waals surface area contributed by atoms with E-state index in [0.717, 1.165) is 61.2 Å². The highest BCUT2D eigenvalue weighted by Gasteiger charge is 2.25. The number of hydrogen-bond acceptors (Lipinski definition) is 4. The van der Waals surface area contributed by atoms with Crippen LogP contribution in [0.25, 0.3) is 133 Å². The summed E-state index contributed by atoms with van der Waals surface area (Å²) in [6, 6.07) is 83.3. The summed E-state index contributed by atoms with van der Waals surface area (Å²) in [4.78, 5) is 15.7. The van der Waals surface area contributed by atoms with Crippen LogP contribution in [0.5, 0.6) is 0 Å². The number of benzene rings is 11. The molecule has 4 heteroatoms. The van der Waals surface area contributed by atoms with Crippen LogP contribution in [0.3, 0.4) is 0 Å². The Bertz CT molecular complexity index is 4050. The molecule has 0 fully saturated rings. The van der Waals surface area contributed by atoms with Crippen molar-refractivity contribution in [3.63, 3.8) is 0 Å². The van der Waals surface area contributed by atoms with E-state index in [-0.39, 0.29) is 0 Å². The Kier molecular flexibility index (Phi) is 9.20. The van der Waals surface area contributed by atoms with E-state index in [0.29, 0.717) is 23.0 Å². The van der Waals surface area contributed by atoms with Crippen molar-refractivity contribution in [2.75, 3.05) is 0 Å². The Morgan fingerprint density at radius 1 is 0.279 bits per heavy atom. The van der Waals surface area contributed by atoms with Crippen molar-refractivity contribution in [3.05, 3.63) is 236 Å². The van der Waals surface area contributed by atoms with Crippen LogP contribution in [0, 0.1) is 11.3 Å². The second kappa shape index (κ2) is 16.0. The average Bonchev–Trinajstić information content (AvgIpc) is 3.74. The lowest BCUT2D eigenvalue weighted by Gasteiger charge is -2.20. The summed E-state index contributed by atoms with van der Waals surface area (Å²) in [5, 5.41) is 18.3. The predicted molar refractivity (Wildman–Crippen MR) is 280 cm³/mol. The summed E-state index contributed by atoms with van der Waals surface area (Å²) in [5.74, 6) is 1.75. The molecule has 13 rings (SSSR count). The minimum atomic E-state index is 0.563. The smallest absolute Gasteiger partial charge is 0.164 e. The standard InChI is InChI=1S/C64H38N4/c65-39-44-21-14-32-55(49-24-7-6-23-47(49)48-30-15-29-46-45-22-5-4-16-40(45)34-36-52(46)48)61(44)54-27-10-8-25-50(54)51-26-9-11-28-58(51)64-67-62(42-17-2-1-3-18-42)66-63(68-64)43-35-37-53-56-31-12-19-41-20-13-33-57(60(41)56)59(53)38-43/h1-38H. The molecule has 1 aliphatic carbocycles. The van der Waals surface area contributed by atoms with Crippen molar-refractivity contribution < 1.29 is 0 Å². The molecule has 68 heavy (non-hydrogen) atoms.